The Kier molecular flexibility index (Phi) is 4.14. The van der Waals surface area contributed by atoms with Gasteiger partial charge in [-0.25, -0.2) is 18.5 Å². The summed E-state index contributed by atoms with van der Waals surface area (Å²) < 4.78 is 30.7. The van der Waals surface area contributed by atoms with Crippen molar-refractivity contribution in [2.45, 2.75) is 4.90 Å². The molecular formula is C19H18N6O3S. The molecule has 2 heterocycles. The van der Waals surface area contributed by atoms with Crippen molar-refractivity contribution in [3.63, 3.8) is 0 Å². The van der Waals surface area contributed by atoms with Gasteiger partial charge in [-0.3, -0.25) is 4.79 Å². The Morgan fingerprint density at radius 3 is 2.48 bits per heavy atom. The van der Waals surface area contributed by atoms with E-state index in [0.717, 1.165) is 0 Å². The maximum Gasteiger partial charge on any atom is 0.260 e. The Morgan fingerprint density at radius 2 is 1.79 bits per heavy atom. The molecule has 0 fully saturated rings. The molecule has 2 aromatic carbocycles. The highest BCUT2D eigenvalue weighted by atomic mass is 32.2. The number of carbonyl (C=O) groups excluding carboxylic acids is 1. The number of fused-ring (bicyclic) bond motifs is 2. The Bertz CT molecular complexity index is 1260. The zero-order chi connectivity index (χ0) is 21.6. The number of nitrogens with zero attached hydrogens (tertiary/aromatic N) is 4. The van der Waals surface area contributed by atoms with Crippen LogP contribution < -0.4 is 20.3 Å². The standard InChI is InChI=1S/C19H18N6O3S/c1-24-15-6-4-3-5-14(15)18(26)25(2)16-11-21-19(23-17(16)24)22-12-7-9-13(10-8-12)29(20,27)28/h3-11H,1-2H3,(H2,20,27,28)(H,21,22,23)/i4D. The SMILES string of the molecule is [2H]c1ccc2c(c1)N(C)c1nc(Nc3ccc(S(N)(=O)=O)cc3)ncc1N(C)C2=O. The number of benzene rings is 2. The number of amides is 1. The molecule has 1 aromatic heterocycles. The number of carbonyl (C=O) groups is 1. The van der Waals surface area contributed by atoms with Crippen LogP contribution in [0.3, 0.4) is 0 Å². The summed E-state index contributed by atoms with van der Waals surface area (Å²) in [6.45, 7) is 0. The minimum absolute atomic E-state index is 0.00132. The molecule has 3 aromatic rings. The van der Waals surface area contributed by atoms with E-state index in [-0.39, 0.29) is 22.8 Å². The average molecular weight is 411 g/mol. The third-order valence-corrected chi connectivity index (χ3v) is 5.54. The topological polar surface area (TPSA) is 122 Å². The van der Waals surface area contributed by atoms with Crippen LogP contribution in [0.25, 0.3) is 0 Å². The first-order valence-corrected chi connectivity index (χ1v) is 10.1. The molecule has 148 valence electrons. The van der Waals surface area contributed by atoms with Crippen LogP contribution in [0, 0.1) is 0 Å². The van der Waals surface area contributed by atoms with Gasteiger partial charge in [0.15, 0.2) is 5.82 Å². The Labute approximate surface area is 169 Å². The largest absolute Gasteiger partial charge is 0.327 e. The highest BCUT2D eigenvalue weighted by molar-refractivity contribution is 7.89. The van der Waals surface area contributed by atoms with Crippen molar-refractivity contribution in [3.8, 4) is 0 Å². The lowest BCUT2D eigenvalue weighted by atomic mass is 10.1. The summed E-state index contributed by atoms with van der Waals surface area (Å²) in [6, 6.07) is 10.9. The lowest BCUT2D eigenvalue weighted by molar-refractivity contribution is 0.0994. The molecule has 0 unspecified atom stereocenters. The molecule has 1 amide bonds. The Hall–Kier alpha value is -3.50. The van der Waals surface area contributed by atoms with E-state index >= 15 is 0 Å². The normalized spacial score (nSPS) is 14.0. The molecule has 0 spiro atoms. The van der Waals surface area contributed by atoms with E-state index in [0.29, 0.717) is 28.4 Å². The van der Waals surface area contributed by atoms with Gasteiger partial charge in [-0.1, -0.05) is 12.1 Å². The van der Waals surface area contributed by atoms with Crippen molar-refractivity contribution in [1.82, 2.24) is 9.97 Å². The molecule has 0 saturated heterocycles. The van der Waals surface area contributed by atoms with E-state index in [1.54, 1.807) is 49.3 Å². The van der Waals surface area contributed by atoms with Gasteiger partial charge >= 0.3 is 0 Å². The van der Waals surface area contributed by atoms with Crippen molar-refractivity contribution in [1.29, 1.82) is 0 Å². The molecule has 1 aliphatic rings. The fraction of sp³-hybridized carbons (Fsp3) is 0.105. The van der Waals surface area contributed by atoms with Crippen LogP contribution in [0.1, 0.15) is 11.7 Å². The summed E-state index contributed by atoms with van der Waals surface area (Å²) in [5.41, 5.74) is 2.11. The van der Waals surface area contributed by atoms with Gasteiger partial charge in [0, 0.05) is 19.8 Å². The summed E-state index contributed by atoms with van der Waals surface area (Å²) in [5, 5.41) is 8.13. The summed E-state index contributed by atoms with van der Waals surface area (Å²) in [4.78, 5) is 24.9. The lowest BCUT2D eigenvalue weighted by Gasteiger charge is -2.21. The molecule has 0 aliphatic carbocycles. The minimum atomic E-state index is -3.78. The van der Waals surface area contributed by atoms with E-state index in [1.807, 2.05) is 0 Å². The number of sulfonamides is 1. The number of hydrogen-bond acceptors (Lipinski definition) is 7. The fourth-order valence-corrected chi connectivity index (χ4v) is 3.57. The first-order valence-electron chi connectivity index (χ1n) is 9.04. The average Bonchev–Trinajstić information content (AvgIpc) is 2.78. The first kappa shape index (κ1) is 17.6. The van der Waals surface area contributed by atoms with Crippen LogP contribution in [-0.2, 0) is 10.0 Å². The van der Waals surface area contributed by atoms with Gasteiger partial charge in [0.2, 0.25) is 16.0 Å². The molecule has 10 heteroatoms. The number of nitrogens with one attached hydrogen (secondary N) is 1. The molecule has 3 N–H and O–H groups in total. The summed E-state index contributed by atoms with van der Waals surface area (Å²) in [6.07, 6.45) is 1.53. The maximum absolute atomic E-state index is 12.9. The molecular weight excluding hydrogens is 392 g/mol. The fourth-order valence-electron chi connectivity index (χ4n) is 3.05. The molecule has 4 rings (SSSR count). The van der Waals surface area contributed by atoms with E-state index in [9.17, 15) is 13.2 Å². The molecule has 1 aliphatic heterocycles. The van der Waals surface area contributed by atoms with Crippen LogP contribution in [0.15, 0.2) is 59.6 Å². The first-order chi connectivity index (χ1) is 14.1. The number of aromatic nitrogens is 2. The van der Waals surface area contributed by atoms with Crippen LogP contribution in [0.4, 0.5) is 28.8 Å². The zero-order valence-corrected chi connectivity index (χ0v) is 16.4. The lowest BCUT2D eigenvalue weighted by Crippen LogP contribution is -2.25. The van der Waals surface area contributed by atoms with Crippen LogP contribution in [0.5, 0.6) is 0 Å². The molecule has 0 radical (unpaired) electrons. The van der Waals surface area contributed by atoms with Crippen molar-refractivity contribution >= 4 is 44.8 Å². The van der Waals surface area contributed by atoms with Gasteiger partial charge in [0.1, 0.15) is 5.69 Å². The van der Waals surface area contributed by atoms with Gasteiger partial charge in [-0.05, 0) is 36.4 Å². The third-order valence-electron chi connectivity index (χ3n) is 4.61. The molecule has 0 saturated carbocycles. The van der Waals surface area contributed by atoms with Gasteiger partial charge in [-0.15, -0.1) is 0 Å². The number of nitrogens with two attached hydrogens (primary N) is 1. The highest BCUT2D eigenvalue weighted by Gasteiger charge is 2.28. The Balaban J connectivity index is 1.73. The summed E-state index contributed by atoms with van der Waals surface area (Å²) in [5.74, 6) is 0.516. The van der Waals surface area contributed by atoms with Crippen LogP contribution in [0.2, 0.25) is 0 Å². The van der Waals surface area contributed by atoms with E-state index in [1.165, 1.54) is 23.2 Å². The second kappa shape index (κ2) is 6.83. The zero-order valence-electron chi connectivity index (χ0n) is 16.6. The van der Waals surface area contributed by atoms with Crippen molar-refractivity contribution in [2.75, 3.05) is 29.2 Å². The summed E-state index contributed by atoms with van der Waals surface area (Å²) >= 11 is 0. The summed E-state index contributed by atoms with van der Waals surface area (Å²) in [7, 11) is -0.372. The van der Waals surface area contributed by atoms with E-state index in [4.69, 9.17) is 6.51 Å². The maximum atomic E-state index is 12.9. The van der Waals surface area contributed by atoms with Crippen LogP contribution in [-0.4, -0.2) is 38.4 Å². The monoisotopic (exact) mass is 411 g/mol. The molecule has 9 nitrogen and oxygen atoms in total. The number of primary sulfonamides is 1. The van der Waals surface area contributed by atoms with Crippen LogP contribution >= 0.6 is 0 Å². The molecule has 29 heavy (non-hydrogen) atoms. The predicted octanol–water partition coefficient (Wildman–Crippen LogP) is 2.23. The van der Waals surface area contributed by atoms with Crippen molar-refractivity contribution in [2.24, 2.45) is 5.14 Å². The molecule has 0 atom stereocenters. The minimum Gasteiger partial charge on any atom is -0.327 e. The quantitative estimate of drug-likeness (QED) is 0.678. The predicted molar refractivity (Wildman–Crippen MR) is 110 cm³/mol. The number of para-hydroxylation sites is 1. The number of rotatable bonds is 3. The second-order valence-electron chi connectivity index (χ2n) is 6.46. The van der Waals surface area contributed by atoms with E-state index in [2.05, 4.69) is 15.3 Å². The van der Waals surface area contributed by atoms with Gasteiger partial charge in [-0.2, -0.15) is 4.98 Å². The van der Waals surface area contributed by atoms with E-state index < -0.39 is 10.0 Å². The second-order valence-corrected chi connectivity index (χ2v) is 8.02. The van der Waals surface area contributed by atoms with Crippen molar-refractivity contribution in [3.05, 3.63) is 60.3 Å². The highest BCUT2D eigenvalue weighted by Crippen LogP contribution is 2.37. The van der Waals surface area contributed by atoms with Gasteiger partial charge in [0.05, 0.1) is 23.7 Å². The van der Waals surface area contributed by atoms with Gasteiger partial charge in [0.25, 0.3) is 5.91 Å². The van der Waals surface area contributed by atoms with Crippen molar-refractivity contribution < 1.29 is 14.6 Å². The number of hydrogen-bond donors (Lipinski definition) is 2. The third kappa shape index (κ3) is 3.39. The Morgan fingerprint density at radius 1 is 1.07 bits per heavy atom. The molecule has 0 bridgehead atoms. The number of anilines is 5. The van der Waals surface area contributed by atoms with Gasteiger partial charge < -0.3 is 15.1 Å². The smallest absolute Gasteiger partial charge is 0.260 e.